The third-order valence-electron chi connectivity index (χ3n) is 3.03. The SMILES string of the molecule is COc1ccc(C2(N)CC2)c(OC)c1OC. The molecule has 0 saturated heterocycles. The molecule has 0 unspecified atom stereocenters. The maximum Gasteiger partial charge on any atom is 0.203 e. The molecule has 1 fully saturated rings. The lowest BCUT2D eigenvalue weighted by Gasteiger charge is -2.18. The highest BCUT2D eigenvalue weighted by Gasteiger charge is 2.43. The molecule has 1 saturated carbocycles. The van der Waals surface area contributed by atoms with E-state index in [0.29, 0.717) is 17.2 Å². The fraction of sp³-hybridized carbons (Fsp3) is 0.500. The molecule has 0 aliphatic heterocycles. The molecule has 1 aromatic rings. The van der Waals surface area contributed by atoms with Gasteiger partial charge in [0, 0.05) is 11.1 Å². The Balaban J connectivity index is 2.55. The average molecular weight is 223 g/mol. The molecular weight excluding hydrogens is 206 g/mol. The van der Waals surface area contributed by atoms with Crippen molar-refractivity contribution in [2.75, 3.05) is 21.3 Å². The van der Waals surface area contributed by atoms with Gasteiger partial charge in [0.1, 0.15) is 0 Å². The Labute approximate surface area is 95.3 Å². The minimum atomic E-state index is -0.245. The maximum absolute atomic E-state index is 6.18. The van der Waals surface area contributed by atoms with E-state index in [1.54, 1.807) is 21.3 Å². The zero-order valence-corrected chi connectivity index (χ0v) is 9.87. The normalized spacial score (nSPS) is 16.8. The number of nitrogens with two attached hydrogens (primary N) is 1. The highest BCUT2D eigenvalue weighted by atomic mass is 16.5. The molecule has 0 radical (unpaired) electrons. The van der Waals surface area contributed by atoms with Crippen LogP contribution in [0.2, 0.25) is 0 Å². The summed E-state index contributed by atoms with van der Waals surface area (Å²) in [7, 11) is 4.82. The van der Waals surface area contributed by atoms with Gasteiger partial charge >= 0.3 is 0 Å². The highest BCUT2D eigenvalue weighted by molar-refractivity contribution is 5.58. The lowest BCUT2D eigenvalue weighted by atomic mass is 10.0. The van der Waals surface area contributed by atoms with Crippen LogP contribution >= 0.6 is 0 Å². The number of rotatable bonds is 4. The van der Waals surface area contributed by atoms with Gasteiger partial charge in [-0.25, -0.2) is 0 Å². The highest BCUT2D eigenvalue weighted by Crippen LogP contribution is 2.51. The summed E-state index contributed by atoms with van der Waals surface area (Å²) in [5.41, 5.74) is 6.93. The standard InChI is InChI=1S/C12H17NO3/c1-14-9-5-4-8(12(13)6-7-12)10(15-2)11(9)16-3/h4-5H,6-7,13H2,1-3H3. The Morgan fingerprint density at radius 2 is 1.62 bits per heavy atom. The van der Waals surface area contributed by atoms with Crippen LogP contribution in [0.25, 0.3) is 0 Å². The summed E-state index contributed by atoms with van der Waals surface area (Å²) in [6.45, 7) is 0. The molecule has 4 nitrogen and oxygen atoms in total. The lowest BCUT2D eigenvalue weighted by molar-refractivity contribution is 0.320. The van der Waals surface area contributed by atoms with Gasteiger partial charge in [-0.15, -0.1) is 0 Å². The van der Waals surface area contributed by atoms with E-state index in [1.165, 1.54) is 0 Å². The minimum absolute atomic E-state index is 0.245. The molecular formula is C12H17NO3. The first-order valence-electron chi connectivity index (χ1n) is 5.24. The van der Waals surface area contributed by atoms with Crippen LogP contribution in [-0.2, 0) is 5.54 Å². The summed E-state index contributed by atoms with van der Waals surface area (Å²) in [5.74, 6) is 1.95. The maximum atomic E-state index is 6.18. The molecule has 0 heterocycles. The van der Waals surface area contributed by atoms with Gasteiger partial charge in [-0.3, -0.25) is 0 Å². The number of hydrogen-bond acceptors (Lipinski definition) is 4. The van der Waals surface area contributed by atoms with Crippen molar-refractivity contribution in [3.05, 3.63) is 17.7 Å². The van der Waals surface area contributed by atoms with Crippen molar-refractivity contribution in [1.29, 1.82) is 0 Å². The topological polar surface area (TPSA) is 53.7 Å². The predicted molar refractivity (Wildman–Crippen MR) is 61.2 cm³/mol. The Morgan fingerprint density at radius 1 is 1.00 bits per heavy atom. The third-order valence-corrected chi connectivity index (χ3v) is 3.03. The van der Waals surface area contributed by atoms with E-state index >= 15 is 0 Å². The number of hydrogen-bond donors (Lipinski definition) is 1. The molecule has 0 amide bonds. The third kappa shape index (κ3) is 1.59. The molecule has 0 atom stereocenters. The summed E-state index contributed by atoms with van der Waals surface area (Å²) < 4.78 is 15.9. The van der Waals surface area contributed by atoms with Crippen LogP contribution in [0, 0.1) is 0 Å². The molecule has 1 aliphatic carbocycles. The number of methoxy groups -OCH3 is 3. The smallest absolute Gasteiger partial charge is 0.203 e. The predicted octanol–water partition coefficient (Wildman–Crippen LogP) is 1.66. The van der Waals surface area contributed by atoms with E-state index in [9.17, 15) is 0 Å². The van der Waals surface area contributed by atoms with Crippen LogP contribution in [-0.4, -0.2) is 21.3 Å². The Bertz CT molecular complexity index is 399. The Kier molecular flexibility index (Phi) is 2.68. The zero-order chi connectivity index (χ0) is 11.8. The van der Waals surface area contributed by atoms with Crippen molar-refractivity contribution in [3.63, 3.8) is 0 Å². The van der Waals surface area contributed by atoms with Crippen LogP contribution in [0.1, 0.15) is 18.4 Å². The first kappa shape index (κ1) is 11.1. The number of benzene rings is 1. The Morgan fingerprint density at radius 3 is 2.06 bits per heavy atom. The fourth-order valence-electron chi connectivity index (χ4n) is 1.90. The van der Waals surface area contributed by atoms with Gasteiger partial charge < -0.3 is 19.9 Å². The van der Waals surface area contributed by atoms with Gasteiger partial charge in [-0.2, -0.15) is 0 Å². The van der Waals surface area contributed by atoms with E-state index in [2.05, 4.69) is 0 Å². The van der Waals surface area contributed by atoms with Crippen LogP contribution in [0.5, 0.6) is 17.2 Å². The van der Waals surface area contributed by atoms with Gasteiger partial charge in [0.25, 0.3) is 0 Å². The van der Waals surface area contributed by atoms with Crippen molar-refractivity contribution in [2.45, 2.75) is 18.4 Å². The molecule has 4 heteroatoms. The number of ether oxygens (including phenoxy) is 3. The van der Waals surface area contributed by atoms with Crippen LogP contribution in [0.4, 0.5) is 0 Å². The lowest BCUT2D eigenvalue weighted by Crippen LogP contribution is -2.20. The largest absolute Gasteiger partial charge is 0.493 e. The molecule has 2 rings (SSSR count). The fourth-order valence-corrected chi connectivity index (χ4v) is 1.90. The first-order chi connectivity index (χ1) is 7.66. The van der Waals surface area contributed by atoms with Gasteiger partial charge in [0.15, 0.2) is 11.5 Å². The first-order valence-corrected chi connectivity index (χ1v) is 5.24. The summed E-state index contributed by atoms with van der Waals surface area (Å²) in [6.07, 6.45) is 1.97. The van der Waals surface area contributed by atoms with Crippen molar-refractivity contribution < 1.29 is 14.2 Å². The molecule has 1 aromatic carbocycles. The zero-order valence-electron chi connectivity index (χ0n) is 9.87. The summed E-state index contributed by atoms with van der Waals surface area (Å²) >= 11 is 0. The van der Waals surface area contributed by atoms with Crippen LogP contribution in [0.3, 0.4) is 0 Å². The summed E-state index contributed by atoms with van der Waals surface area (Å²) in [4.78, 5) is 0. The molecule has 0 spiro atoms. The summed E-state index contributed by atoms with van der Waals surface area (Å²) in [5, 5.41) is 0. The second-order valence-electron chi connectivity index (χ2n) is 4.04. The van der Waals surface area contributed by atoms with E-state index in [4.69, 9.17) is 19.9 Å². The minimum Gasteiger partial charge on any atom is -0.493 e. The molecule has 2 N–H and O–H groups in total. The molecule has 1 aliphatic rings. The molecule has 0 bridgehead atoms. The quantitative estimate of drug-likeness (QED) is 0.843. The van der Waals surface area contributed by atoms with E-state index in [1.807, 2.05) is 12.1 Å². The van der Waals surface area contributed by atoms with Crippen molar-refractivity contribution in [3.8, 4) is 17.2 Å². The van der Waals surface area contributed by atoms with Crippen molar-refractivity contribution in [1.82, 2.24) is 0 Å². The van der Waals surface area contributed by atoms with Gasteiger partial charge in [0.05, 0.1) is 21.3 Å². The second-order valence-corrected chi connectivity index (χ2v) is 4.04. The van der Waals surface area contributed by atoms with Crippen molar-refractivity contribution >= 4 is 0 Å². The van der Waals surface area contributed by atoms with Crippen molar-refractivity contribution in [2.24, 2.45) is 5.73 Å². The molecule has 0 aromatic heterocycles. The van der Waals surface area contributed by atoms with Gasteiger partial charge in [-0.05, 0) is 25.0 Å². The van der Waals surface area contributed by atoms with Crippen LogP contribution < -0.4 is 19.9 Å². The molecule has 16 heavy (non-hydrogen) atoms. The molecule has 88 valence electrons. The van der Waals surface area contributed by atoms with E-state index in [-0.39, 0.29) is 5.54 Å². The second kappa shape index (κ2) is 3.87. The monoisotopic (exact) mass is 223 g/mol. The van der Waals surface area contributed by atoms with Gasteiger partial charge in [0.2, 0.25) is 5.75 Å². The van der Waals surface area contributed by atoms with Gasteiger partial charge in [-0.1, -0.05) is 0 Å². The van der Waals surface area contributed by atoms with E-state index in [0.717, 1.165) is 18.4 Å². The Hall–Kier alpha value is -1.42. The van der Waals surface area contributed by atoms with Crippen LogP contribution in [0.15, 0.2) is 12.1 Å². The summed E-state index contributed by atoms with van der Waals surface area (Å²) in [6, 6.07) is 3.82. The average Bonchev–Trinajstić information content (AvgIpc) is 3.06. The van der Waals surface area contributed by atoms with E-state index < -0.39 is 0 Å².